The summed E-state index contributed by atoms with van der Waals surface area (Å²) in [6.45, 7) is 1.62. The van der Waals surface area contributed by atoms with Gasteiger partial charge in [-0.15, -0.1) is 0 Å². The molecule has 0 bridgehead atoms. The first-order valence-electron chi connectivity index (χ1n) is 6.99. The third-order valence-corrected chi connectivity index (χ3v) is 3.01. The average molecular weight is 349 g/mol. The number of ether oxygens (including phenoxy) is 1. The van der Waals surface area contributed by atoms with Gasteiger partial charge in [-0.1, -0.05) is 6.92 Å². The molecule has 2 N–H and O–H groups in total. The zero-order valence-electron chi connectivity index (χ0n) is 13.1. The number of nitrogens with zero attached hydrogens (tertiary/aromatic N) is 2. The molecule has 0 saturated carbocycles. The Hall–Kier alpha value is -2.52. The monoisotopic (exact) mass is 349 g/mol. The normalized spacial score (nSPS) is 12.4. The van der Waals surface area contributed by atoms with Crippen molar-refractivity contribution in [2.45, 2.75) is 13.1 Å². The molecule has 0 fully saturated rings. The first-order chi connectivity index (χ1) is 11.1. The molecule has 1 rings (SSSR count). The largest absolute Gasteiger partial charge is 0.481 e. The van der Waals surface area contributed by atoms with E-state index in [9.17, 15) is 22.8 Å². The third-order valence-electron chi connectivity index (χ3n) is 3.01. The highest BCUT2D eigenvalue weighted by molar-refractivity contribution is 5.75. The zero-order chi connectivity index (χ0) is 18.3. The van der Waals surface area contributed by atoms with E-state index < -0.39 is 29.7 Å². The van der Waals surface area contributed by atoms with E-state index in [2.05, 4.69) is 10.3 Å². The Labute approximate surface area is 136 Å². The molecule has 0 spiro atoms. The van der Waals surface area contributed by atoms with E-state index in [1.807, 2.05) is 0 Å². The number of amides is 2. The minimum atomic E-state index is -4.46. The molecule has 0 aliphatic heterocycles. The Morgan fingerprint density at radius 3 is 2.58 bits per heavy atom. The minimum Gasteiger partial charge on any atom is -0.481 e. The Morgan fingerprint density at radius 2 is 2.08 bits per heavy atom. The maximum Gasteiger partial charge on any atom is 0.417 e. The Kier molecular flexibility index (Phi) is 6.81. The number of carboxylic acid groups (broad SMARTS) is 1. The smallest absolute Gasteiger partial charge is 0.417 e. The van der Waals surface area contributed by atoms with Crippen LogP contribution in [0, 0.1) is 5.92 Å². The maximum absolute atomic E-state index is 12.4. The Morgan fingerprint density at radius 1 is 1.42 bits per heavy atom. The third kappa shape index (κ3) is 6.31. The molecule has 0 aliphatic rings. The number of aromatic nitrogens is 1. The van der Waals surface area contributed by atoms with Gasteiger partial charge in [0.15, 0.2) is 0 Å². The SMILES string of the molecule is CC(CN(C)C(=O)NCCOc1ccc(C(F)(F)F)cn1)C(=O)O. The summed E-state index contributed by atoms with van der Waals surface area (Å²) < 4.78 is 42.2. The molecule has 1 atom stereocenters. The summed E-state index contributed by atoms with van der Waals surface area (Å²) in [7, 11) is 1.45. The molecule has 2 amide bonds. The average Bonchev–Trinajstić information content (AvgIpc) is 2.50. The number of carbonyl (C=O) groups excluding carboxylic acids is 1. The summed E-state index contributed by atoms with van der Waals surface area (Å²) >= 11 is 0. The summed E-state index contributed by atoms with van der Waals surface area (Å²) in [6.07, 6.45) is -3.80. The van der Waals surface area contributed by atoms with Crippen molar-refractivity contribution in [3.63, 3.8) is 0 Å². The van der Waals surface area contributed by atoms with Gasteiger partial charge in [0.2, 0.25) is 5.88 Å². The van der Waals surface area contributed by atoms with Gasteiger partial charge in [0.25, 0.3) is 0 Å². The van der Waals surface area contributed by atoms with Crippen molar-refractivity contribution in [2.24, 2.45) is 5.92 Å². The molecular weight excluding hydrogens is 331 g/mol. The number of urea groups is 1. The summed E-state index contributed by atoms with van der Waals surface area (Å²) in [5, 5.41) is 11.3. The molecular formula is C14H18F3N3O4. The molecule has 0 saturated heterocycles. The van der Waals surface area contributed by atoms with Crippen LogP contribution in [-0.2, 0) is 11.0 Å². The number of carbonyl (C=O) groups is 2. The molecule has 1 heterocycles. The van der Waals surface area contributed by atoms with Crippen molar-refractivity contribution in [3.05, 3.63) is 23.9 Å². The Balaban J connectivity index is 2.33. The van der Waals surface area contributed by atoms with Gasteiger partial charge in [-0.3, -0.25) is 4.79 Å². The van der Waals surface area contributed by atoms with Gasteiger partial charge in [-0.2, -0.15) is 13.2 Å². The summed E-state index contributed by atoms with van der Waals surface area (Å²) in [5.74, 6) is -1.70. The standard InChI is InChI=1S/C14H18F3N3O4/c1-9(12(21)22)8-20(2)13(23)18-5-6-24-11-4-3-10(7-19-11)14(15,16)17/h3-4,7,9H,5-6,8H2,1-2H3,(H,18,23)(H,21,22). The lowest BCUT2D eigenvalue weighted by atomic mass is 10.2. The van der Waals surface area contributed by atoms with Crippen LogP contribution < -0.4 is 10.1 Å². The zero-order valence-corrected chi connectivity index (χ0v) is 13.1. The number of nitrogens with one attached hydrogen (secondary N) is 1. The lowest BCUT2D eigenvalue weighted by Crippen LogP contribution is -2.42. The second-order valence-corrected chi connectivity index (χ2v) is 5.08. The van der Waals surface area contributed by atoms with Crippen LogP contribution in [0.4, 0.5) is 18.0 Å². The number of halogens is 3. The van der Waals surface area contributed by atoms with E-state index in [0.717, 1.165) is 12.1 Å². The highest BCUT2D eigenvalue weighted by atomic mass is 19.4. The van der Waals surface area contributed by atoms with Crippen molar-refractivity contribution >= 4 is 12.0 Å². The van der Waals surface area contributed by atoms with Crippen LogP contribution in [0.2, 0.25) is 0 Å². The van der Waals surface area contributed by atoms with Crippen LogP contribution in [0.25, 0.3) is 0 Å². The fraction of sp³-hybridized carbons (Fsp3) is 0.500. The molecule has 1 aromatic heterocycles. The van der Waals surface area contributed by atoms with Crippen LogP contribution in [0.5, 0.6) is 5.88 Å². The Bertz CT molecular complexity index is 563. The van der Waals surface area contributed by atoms with Gasteiger partial charge in [-0.05, 0) is 6.07 Å². The van der Waals surface area contributed by atoms with Crippen LogP contribution in [0.15, 0.2) is 18.3 Å². The quantitative estimate of drug-likeness (QED) is 0.733. The molecule has 10 heteroatoms. The lowest BCUT2D eigenvalue weighted by Gasteiger charge is -2.20. The van der Waals surface area contributed by atoms with Crippen molar-refractivity contribution in [1.29, 1.82) is 0 Å². The van der Waals surface area contributed by atoms with E-state index in [0.29, 0.717) is 6.20 Å². The van der Waals surface area contributed by atoms with Crippen LogP contribution in [-0.4, -0.2) is 53.7 Å². The van der Waals surface area contributed by atoms with Crippen molar-refractivity contribution < 1.29 is 32.6 Å². The van der Waals surface area contributed by atoms with Crippen molar-refractivity contribution in [1.82, 2.24) is 15.2 Å². The lowest BCUT2D eigenvalue weighted by molar-refractivity contribution is -0.141. The van der Waals surface area contributed by atoms with Gasteiger partial charge in [-0.25, -0.2) is 9.78 Å². The molecule has 0 aliphatic carbocycles. The summed E-state index contributed by atoms with van der Waals surface area (Å²) in [6, 6.07) is 1.46. The number of carboxylic acids is 1. The molecule has 1 aromatic rings. The number of hydrogen-bond acceptors (Lipinski definition) is 4. The topological polar surface area (TPSA) is 91.8 Å². The summed E-state index contributed by atoms with van der Waals surface area (Å²) in [4.78, 5) is 27.1. The molecule has 0 aromatic carbocycles. The van der Waals surface area contributed by atoms with Gasteiger partial charge in [0, 0.05) is 25.9 Å². The van der Waals surface area contributed by atoms with Gasteiger partial charge < -0.3 is 20.1 Å². The van der Waals surface area contributed by atoms with E-state index in [4.69, 9.17) is 9.84 Å². The predicted molar refractivity (Wildman–Crippen MR) is 77.6 cm³/mol. The highest BCUT2D eigenvalue weighted by Crippen LogP contribution is 2.29. The molecule has 7 nitrogen and oxygen atoms in total. The fourth-order valence-corrected chi connectivity index (χ4v) is 1.65. The molecule has 1 unspecified atom stereocenters. The van der Waals surface area contributed by atoms with Crippen LogP contribution in [0.1, 0.15) is 12.5 Å². The second-order valence-electron chi connectivity index (χ2n) is 5.08. The number of alkyl halides is 3. The van der Waals surface area contributed by atoms with E-state index in [1.165, 1.54) is 18.9 Å². The van der Waals surface area contributed by atoms with Crippen LogP contribution in [0.3, 0.4) is 0 Å². The van der Waals surface area contributed by atoms with Gasteiger partial charge in [0.05, 0.1) is 18.0 Å². The number of rotatable bonds is 7. The van der Waals surface area contributed by atoms with Crippen molar-refractivity contribution in [2.75, 3.05) is 26.7 Å². The first-order valence-corrected chi connectivity index (χ1v) is 6.99. The number of pyridine rings is 1. The maximum atomic E-state index is 12.4. The van der Waals surface area contributed by atoms with E-state index in [-0.39, 0.29) is 25.6 Å². The summed E-state index contributed by atoms with van der Waals surface area (Å²) in [5.41, 5.74) is -0.877. The molecule has 0 radical (unpaired) electrons. The van der Waals surface area contributed by atoms with Gasteiger partial charge in [0.1, 0.15) is 6.61 Å². The van der Waals surface area contributed by atoms with Crippen molar-refractivity contribution in [3.8, 4) is 5.88 Å². The van der Waals surface area contributed by atoms with E-state index in [1.54, 1.807) is 0 Å². The van der Waals surface area contributed by atoms with Gasteiger partial charge >= 0.3 is 18.2 Å². The first kappa shape index (κ1) is 19.5. The second kappa shape index (κ2) is 8.37. The molecule has 24 heavy (non-hydrogen) atoms. The van der Waals surface area contributed by atoms with Crippen LogP contribution >= 0.6 is 0 Å². The molecule has 134 valence electrons. The fourth-order valence-electron chi connectivity index (χ4n) is 1.65. The number of aliphatic carboxylic acids is 1. The predicted octanol–water partition coefficient (Wildman–Crippen LogP) is 1.84. The van der Waals surface area contributed by atoms with E-state index >= 15 is 0 Å². The highest BCUT2D eigenvalue weighted by Gasteiger charge is 2.30. The minimum absolute atomic E-state index is 0.00472. The number of hydrogen-bond donors (Lipinski definition) is 2.